The van der Waals surface area contributed by atoms with Gasteiger partial charge in [0.2, 0.25) is 5.69 Å². The maximum absolute atomic E-state index is 11.9. The summed E-state index contributed by atoms with van der Waals surface area (Å²) in [5.41, 5.74) is -2.67. The fourth-order valence-corrected chi connectivity index (χ4v) is 5.88. The van der Waals surface area contributed by atoms with Crippen LogP contribution < -0.4 is 0 Å². The van der Waals surface area contributed by atoms with Crippen LogP contribution in [0.25, 0.3) is 0 Å². The van der Waals surface area contributed by atoms with Crippen molar-refractivity contribution in [1.29, 1.82) is 0 Å². The zero-order valence-electron chi connectivity index (χ0n) is 12.1. The Balaban J connectivity index is 4.87. The summed E-state index contributed by atoms with van der Waals surface area (Å²) < 4.78 is 20.4. The van der Waals surface area contributed by atoms with Crippen molar-refractivity contribution in [2.75, 3.05) is 26.9 Å². The zero-order valence-corrected chi connectivity index (χ0v) is 14.6. The minimum absolute atomic E-state index is 0.119. The van der Waals surface area contributed by atoms with Crippen LogP contribution in [0.2, 0.25) is 0 Å². The number of carbonyl (C=O) groups is 2. The van der Waals surface area contributed by atoms with Crippen molar-refractivity contribution in [2.24, 2.45) is 0 Å². The second-order valence-corrected chi connectivity index (χ2v) is 9.91. The molecule has 0 fully saturated rings. The van der Waals surface area contributed by atoms with Gasteiger partial charge in [0.05, 0.1) is 26.2 Å². The van der Waals surface area contributed by atoms with Gasteiger partial charge in [0.1, 0.15) is 5.25 Å². The predicted molar refractivity (Wildman–Crippen MR) is 82.2 cm³/mol. The van der Waals surface area contributed by atoms with Gasteiger partial charge < -0.3 is 18.5 Å². The molecule has 118 valence electrons. The summed E-state index contributed by atoms with van der Waals surface area (Å²) in [7, 11) is 1.43. The second kappa shape index (κ2) is 10.6. The van der Waals surface area contributed by atoms with Crippen LogP contribution in [0.5, 0.6) is 0 Å². The maximum atomic E-state index is 11.9. The molecule has 0 aromatic rings. The molecule has 0 aromatic heterocycles. The van der Waals surface area contributed by atoms with E-state index in [1.165, 1.54) is 7.11 Å². The van der Waals surface area contributed by atoms with Crippen molar-refractivity contribution >= 4 is 40.8 Å². The van der Waals surface area contributed by atoms with Gasteiger partial charge in [-0.2, -0.15) is 0 Å². The van der Waals surface area contributed by atoms with Crippen LogP contribution in [-0.2, 0) is 39.9 Å². The van der Waals surface area contributed by atoms with Gasteiger partial charge in [-0.25, -0.2) is 0 Å². The van der Waals surface area contributed by atoms with Gasteiger partial charge in [0.15, 0.2) is 0 Å². The third kappa shape index (κ3) is 7.59. The summed E-state index contributed by atoms with van der Waals surface area (Å²) in [5, 5.41) is -0.786. The lowest BCUT2D eigenvalue weighted by molar-refractivity contribution is -0.149. The Kier molecular flexibility index (Phi) is 10.5. The first-order valence-corrected chi connectivity index (χ1v) is 10.4. The van der Waals surface area contributed by atoms with Crippen molar-refractivity contribution in [3.8, 4) is 0 Å². The van der Waals surface area contributed by atoms with Gasteiger partial charge in [-0.15, -0.1) is 0 Å². The van der Waals surface area contributed by atoms with Gasteiger partial charge in [0.25, 0.3) is 0 Å². The van der Waals surface area contributed by atoms with Crippen LogP contribution >= 0.6 is 17.1 Å². The third-order valence-electron chi connectivity index (χ3n) is 1.97. The average molecular weight is 344 g/mol. The smallest absolute Gasteiger partial charge is 0.320 e. The Morgan fingerprint density at radius 3 is 2.20 bits per heavy atom. The fraction of sp³-hybridized carbons (Fsp3) is 0.818. The standard InChI is InChI=1S/C11H21O6PS2/c1-5-15-10(12)8-9(11(13)16-6-2)20-18(19,14-4)17-7-3/h9H,5-8H2,1-4H3. The van der Waals surface area contributed by atoms with Crippen molar-refractivity contribution in [2.45, 2.75) is 32.4 Å². The highest BCUT2D eigenvalue weighted by molar-refractivity contribution is 8.68. The molecule has 0 amide bonds. The first-order valence-electron chi connectivity index (χ1n) is 6.23. The molecule has 0 aliphatic heterocycles. The van der Waals surface area contributed by atoms with Gasteiger partial charge in [-0.05, 0) is 32.6 Å². The Morgan fingerprint density at radius 2 is 1.75 bits per heavy atom. The lowest BCUT2D eigenvalue weighted by Gasteiger charge is -2.22. The van der Waals surface area contributed by atoms with E-state index in [1.54, 1.807) is 20.8 Å². The third-order valence-corrected chi connectivity index (χ3v) is 7.71. The van der Waals surface area contributed by atoms with Crippen LogP contribution in [0.1, 0.15) is 27.2 Å². The summed E-state index contributed by atoms with van der Waals surface area (Å²) in [5.74, 6) is -0.997. The molecule has 0 rings (SSSR count). The molecule has 9 heteroatoms. The highest BCUT2D eigenvalue weighted by Crippen LogP contribution is 2.62. The highest BCUT2D eigenvalue weighted by atomic mass is 32.9. The number of ether oxygens (including phenoxy) is 2. The first-order chi connectivity index (χ1) is 9.42. The zero-order chi connectivity index (χ0) is 15.6. The lowest BCUT2D eigenvalue weighted by atomic mass is 10.3. The predicted octanol–water partition coefficient (Wildman–Crippen LogP) is 2.51. The Hall–Kier alpha value is -0.140. The van der Waals surface area contributed by atoms with Crippen LogP contribution in [-0.4, -0.2) is 44.1 Å². The summed E-state index contributed by atoms with van der Waals surface area (Å²) in [6.45, 7) is 6.02. The highest BCUT2D eigenvalue weighted by Gasteiger charge is 2.32. The molecule has 0 radical (unpaired) electrons. The molecule has 0 spiro atoms. The molecule has 0 N–H and O–H groups in total. The van der Waals surface area contributed by atoms with Crippen molar-refractivity contribution < 1.29 is 28.1 Å². The van der Waals surface area contributed by atoms with Crippen molar-refractivity contribution in [1.82, 2.24) is 0 Å². The Bertz CT molecular complexity index is 363. The Morgan fingerprint density at radius 1 is 1.15 bits per heavy atom. The van der Waals surface area contributed by atoms with E-state index in [4.69, 9.17) is 30.3 Å². The molecule has 0 bridgehead atoms. The van der Waals surface area contributed by atoms with E-state index in [9.17, 15) is 9.59 Å². The van der Waals surface area contributed by atoms with Crippen molar-refractivity contribution in [3.63, 3.8) is 0 Å². The van der Waals surface area contributed by atoms with Crippen molar-refractivity contribution in [3.05, 3.63) is 0 Å². The Labute approximate surface area is 128 Å². The van der Waals surface area contributed by atoms with Crippen LogP contribution in [0.15, 0.2) is 0 Å². The molecular weight excluding hydrogens is 323 g/mol. The molecular formula is C11H21O6PS2. The van der Waals surface area contributed by atoms with E-state index >= 15 is 0 Å². The summed E-state index contributed by atoms with van der Waals surface area (Å²) in [6.07, 6.45) is -0.119. The maximum Gasteiger partial charge on any atom is 0.320 e. The molecule has 20 heavy (non-hydrogen) atoms. The second-order valence-electron chi connectivity index (χ2n) is 3.40. The first kappa shape index (κ1) is 19.9. The number of carbonyl (C=O) groups excluding carboxylic acids is 2. The summed E-state index contributed by atoms with van der Waals surface area (Å²) in [6, 6.07) is 0. The van der Waals surface area contributed by atoms with E-state index < -0.39 is 22.9 Å². The number of rotatable bonds is 10. The fourth-order valence-electron chi connectivity index (χ4n) is 1.21. The molecule has 6 nitrogen and oxygen atoms in total. The lowest BCUT2D eigenvalue weighted by Crippen LogP contribution is -2.24. The normalized spacial score (nSPS) is 15.2. The molecule has 2 unspecified atom stereocenters. The average Bonchev–Trinajstić information content (AvgIpc) is 2.39. The van der Waals surface area contributed by atoms with Crippen LogP contribution in [0.4, 0.5) is 0 Å². The number of hydrogen-bond acceptors (Lipinski definition) is 8. The number of hydrogen-bond donors (Lipinski definition) is 0. The van der Waals surface area contributed by atoms with Gasteiger partial charge in [0, 0.05) is 7.11 Å². The van der Waals surface area contributed by atoms with E-state index in [1.807, 2.05) is 0 Å². The quantitative estimate of drug-likeness (QED) is 0.442. The van der Waals surface area contributed by atoms with Gasteiger partial charge >= 0.3 is 11.9 Å². The molecule has 0 saturated carbocycles. The summed E-state index contributed by atoms with van der Waals surface area (Å²) >= 11 is 6.29. The van der Waals surface area contributed by atoms with Crippen LogP contribution in [0.3, 0.4) is 0 Å². The molecule has 0 aliphatic rings. The van der Waals surface area contributed by atoms with E-state index in [2.05, 4.69) is 0 Å². The largest absolute Gasteiger partial charge is 0.466 e. The topological polar surface area (TPSA) is 71.1 Å². The minimum atomic E-state index is -2.67. The molecule has 0 heterocycles. The SMILES string of the molecule is CCOC(=O)CC(SP(=S)(OC)OCC)C(=O)OCC. The monoisotopic (exact) mass is 344 g/mol. The summed E-state index contributed by atoms with van der Waals surface area (Å²) in [4.78, 5) is 23.4. The van der Waals surface area contributed by atoms with E-state index in [0.29, 0.717) is 6.61 Å². The molecule has 0 aliphatic carbocycles. The van der Waals surface area contributed by atoms with E-state index in [0.717, 1.165) is 11.4 Å². The molecule has 0 aromatic carbocycles. The van der Waals surface area contributed by atoms with Crippen LogP contribution in [0, 0.1) is 0 Å². The molecule has 0 saturated heterocycles. The molecule has 2 atom stereocenters. The minimum Gasteiger partial charge on any atom is -0.466 e. The van der Waals surface area contributed by atoms with Gasteiger partial charge in [-0.1, -0.05) is 11.4 Å². The van der Waals surface area contributed by atoms with Gasteiger partial charge in [-0.3, -0.25) is 9.59 Å². The number of esters is 2. The van der Waals surface area contributed by atoms with E-state index in [-0.39, 0.29) is 19.6 Å².